The first-order valence-electron chi connectivity index (χ1n) is 7.13. The van der Waals surface area contributed by atoms with E-state index in [1.807, 2.05) is 0 Å². The standard InChI is InChI=1S/C13H24OS.C2H5.W/c1-5-12-10(3)9(2)11(4)13(15-12)7-6-8-14-13;1-2;/h9-12H,5-8H2,1-4H3;1H2,2H3;/q;-1;. The minimum Gasteiger partial charge on any atom is -0.364 e. The molecule has 5 atom stereocenters. The van der Waals surface area contributed by atoms with E-state index in [1.54, 1.807) is 6.92 Å². The maximum absolute atomic E-state index is 6.11. The molecule has 0 aromatic heterocycles. The molecule has 108 valence electrons. The molecule has 0 aromatic rings. The first kappa shape index (κ1) is 19.0. The molecule has 2 saturated heterocycles. The largest absolute Gasteiger partial charge is 0.364 e. The van der Waals surface area contributed by atoms with E-state index in [4.69, 9.17) is 4.74 Å². The fourth-order valence-corrected chi connectivity index (χ4v) is 5.19. The summed E-state index contributed by atoms with van der Waals surface area (Å²) in [6, 6.07) is 0. The van der Waals surface area contributed by atoms with Crippen molar-refractivity contribution in [2.45, 2.75) is 64.1 Å². The van der Waals surface area contributed by atoms with E-state index in [1.165, 1.54) is 19.3 Å². The van der Waals surface area contributed by atoms with Gasteiger partial charge in [-0.2, -0.15) is 6.92 Å². The minimum atomic E-state index is 0. The number of hydrogen-bond donors (Lipinski definition) is 0. The summed E-state index contributed by atoms with van der Waals surface area (Å²) in [6.45, 7) is 15.5. The topological polar surface area (TPSA) is 9.23 Å². The van der Waals surface area contributed by atoms with Gasteiger partial charge in [-0.25, -0.2) is 0 Å². The van der Waals surface area contributed by atoms with E-state index in [2.05, 4.69) is 46.4 Å². The monoisotopic (exact) mass is 441 g/mol. The molecule has 0 aliphatic carbocycles. The minimum absolute atomic E-state index is 0. The maximum Gasteiger partial charge on any atom is 0.116 e. The van der Waals surface area contributed by atoms with Crippen LogP contribution in [0.4, 0.5) is 0 Å². The molecule has 0 amide bonds. The van der Waals surface area contributed by atoms with E-state index in [0.717, 1.165) is 23.7 Å². The van der Waals surface area contributed by atoms with Gasteiger partial charge in [-0.15, -0.1) is 11.8 Å². The van der Waals surface area contributed by atoms with Crippen molar-refractivity contribution in [2.24, 2.45) is 17.8 Å². The molecular weight excluding hydrogens is 412 g/mol. The second-order valence-corrected chi connectivity index (χ2v) is 6.87. The van der Waals surface area contributed by atoms with Gasteiger partial charge in [-0.05, 0) is 37.0 Å². The number of thioether (sulfide) groups is 1. The Morgan fingerprint density at radius 2 is 1.83 bits per heavy atom. The Hall–Kier alpha value is 0.998. The quantitative estimate of drug-likeness (QED) is 0.543. The summed E-state index contributed by atoms with van der Waals surface area (Å²) in [5.41, 5.74) is 0. The molecule has 3 heteroatoms. The maximum atomic E-state index is 6.11. The van der Waals surface area contributed by atoms with E-state index >= 15 is 0 Å². The molecule has 18 heavy (non-hydrogen) atoms. The average Bonchev–Trinajstić information content (AvgIpc) is 2.84. The van der Waals surface area contributed by atoms with Gasteiger partial charge < -0.3 is 11.7 Å². The molecule has 0 radical (unpaired) electrons. The zero-order valence-corrected chi connectivity index (χ0v) is 16.3. The van der Waals surface area contributed by atoms with Gasteiger partial charge in [-0.3, -0.25) is 0 Å². The molecule has 1 spiro atoms. The molecule has 0 saturated carbocycles. The summed E-state index contributed by atoms with van der Waals surface area (Å²) in [4.78, 5) is 0.173. The fourth-order valence-electron chi connectivity index (χ4n) is 3.21. The number of rotatable bonds is 1. The molecule has 1 nitrogen and oxygen atoms in total. The smallest absolute Gasteiger partial charge is 0.116 e. The van der Waals surface area contributed by atoms with Crippen molar-refractivity contribution < 1.29 is 25.8 Å². The Bertz CT molecular complexity index is 227. The van der Waals surface area contributed by atoms with Gasteiger partial charge in [-0.1, -0.05) is 27.7 Å². The number of ether oxygens (including phenoxy) is 1. The summed E-state index contributed by atoms with van der Waals surface area (Å²) >= 11 is 2.14. The van der Waals surface area contributed by atoms with Crippen LogP contribution in [0, 0.1) is 24.7 Å². The van der Waals surface area contributed by atoms with Gasteiger partial charge in [0.25, 0.3) is 0 Å². The van der Waals surface area contributed by atoms with E-state index in [9.17, 15) is 0 Å². The first-order chi connectivity index (χ1) is 8.10. The third kappa shape index (κ3) is 3.55. The molecule has 0 N–H and O–H groups in total. The van der Waals surface area contributed by atoms with Gasteiger partial charge >= 0.3 is 0 Å². The summed E-state index contributed by atoms with van der Waals surface area (Å²) in [5.74, 6) is 2.35. The predicted molar refractivity (Wildman–Crippen MR) is 78.1 cm³/mol. The summed E-state index contributed by atoms with van der Waals surface area (Å²) in [6.07, 6.45) is 3.81. The van der Waals surface area contributed by atoms with Crippen LogP contribution >= 0.6 is 11.8 Å². The molecule has 2 fully saturated rings. The first-order valence-corrected chi connectivity index (χ1v) is 8.01. The van der Waals surface area contributed by atoms with Crippen LogP contribution in [0.3, 0.4) is 0 Å². The molecule has 0 aromatic carbocycles. The normalized spacial score (nSPS) is 43.0. The Labute approximate surface area is 132 Å². The van der Waals surface area contributed by atoms with Crippen molar-refractivity contribution in [1.82, 2.24) is 0 Å². The van der Waals surface area contributed by atoms with Crippen molar-refractivity contribution in [1.29, 1.82) is 0 Å². The second kappa shape index (κ2) is 8.32. The Balaban J connectivity index is 0.000000917. The summed E-state index contributed by atoms with van der Waals surface area (Å²) in [5, 5.41) is 0.800. The Kier molecular flexibility index (Phi) is 8.78. The molecule has 2 heterocycles. The van der Waals surface area contributed by atoms with Crippen molar-refractivity contribution in [2.75, 3.05) is 6.61 Å². The van der Waals surface area contributed by atoms with Crippen LogP contribution in [-0.2, 0) is 25.8 Å². The van der Waals surface area contributed by atoms with Crippen LogP contribution in [0.1, 0.15) is 53.9 Å². The van der Waals surface area contributed by atoms with Crippen LogP contribution in [0.5, 0.6) is 0 Å². The molecule has 2 rings (SSSR count). The Morgan fingerprint density at radius 3 is 2.28 bits per heavy atom. The van der Waals surface area contributed by atoms with E-state index in [-0.39, 0.29) is 26.0 Å². The second-order valence-electron chi connectivity index (χ2n) is 5.34. The molecule has 0 bridgehead atoms. The molecule has 2 aliphatic heterocycles. The van der Waals surface area contributed by atoms with Gasteiger partial charge in [0, 0.05) is 32.9 Å². The molecule has 5 unspecified atom stereocenters. The molecule has 2 aliphatic rings. The van der Waals surface area contributed by atoms with Crippen LogP contribution in [0.25, 0.3) is 0 Å². The van der Waals surface area contributed by atoms with Gasteiger partial charge in [0.2, 0.25) is 0 Å². The van der Waals surface area contributed by atoms with E-state index in [0.29, 0.717) is 5.92 Å². The van der Waals surface area contributed by atoms with Crippen LogP contribution < -0.4 is 0 Å². The van der Waals surface area contributed by atoms with Crippen molar-refractivity contribution in [3.05, 3.63) is 6.92 Å². The fraction of sp³-hybridized carbons (Fsp3) is 0.933. The third-order valence-corrected chi connectivity index (χ3v) is 6.83. The van der Waals surface area contributed by atoms with Crippen LogP contribution in [0.15, 0.2) is 0 Å². The van der Waals surface area contributed by atoms with Crippen LogP contribution in [-0.4, -0.2) is 16.8 Å². The number of hydrogen-bond acceptors (Lipinski definition) is 2. The average molecular weight is 441 g/mol. The SMILES string of the molecule is CCC1SC2(CCCO2)C(C)C(C)C1C.[CH2-]C.[W]. The Morgan fingerprint density at radius 1 is 1.22 bits per heavy atom. The summed E-state index contributed by atoms with van der Waals surface area (Å²) in [7, 11) is 0. The van der Waals surface area contributed by atoms with Gasteiger partial charge in [0.05, 0.1) is 0 Å². The van der Waals surface area contributed by atoms with Gasteiger partial charge in [0.15, 0.2) is 0 Å². The predicted octanol–water partition coefficient (Wildman–Crippen LogP) is 4.76. The third-order valence-electron chi connectivity index (χ3n) is 4.67. The van der Waals surface area contributed by atoms with Crippen molar-refractivity contribution in [3.63, 3.8) is 0 Å². The van der Waals surface area contributed by atoms with Crippen molar-refractivity contribution in [3.8, 4) is 0 Å². The van der Waals surface area contributed by atoms with Crippen molar-refractivity contribution >= 4 is 11.8 Å². The zero-order valence-electron chi connectivity index (χ0n) is 12.6. The zero-order chi connectivity index (χ0) is 13.1. The van der Waals surface area contributed by atoms with E-state index < -0.39 is 0 Å². The van der Waals surface area contributed by atoms with Crippen LogP contribution in [0.2, 0.25) is 0 Å². The summed E-state index contributed by atoms with van der Waals surface area (Å²) < 4.78 is 6.11. The molecular formula is C15H29OSW-. The van der Waals surface area contributed by atoms with Gasteiger partial charge in [0.1, 0.15) is 4.93 Å².